The molecule has 0 unspecified atom stereocenters. The first-order chi connectivity index (χ1) is 12.1. The number of ketones is 1. The fourth-order valence-corrected chi connectivity index (χ4v) is 2.09. The minimum Gasteiger partial charge on any atom is -0.487 e. The molecule has 1 N–H and O–H groups in total. The van der Waals surface area contributed by atoms with Gasteiger partial charge in [-0.25, -0.2) is 0 Å². The van der Waals surface area contributed by atoms with E-state index in [0.717, 1.165) is 0 Å². The molecule has 0 aliphatic carbocycles. The number of benzene rings is 1. The number of ether oxygens (including phenoxy) is 2. The highest BCUT2D eigenvalue weighted by molar-refractivity contribution is 5.95. The summed E-state index contributed by atoms with van der Waals surface area (Å²) in [5.74, 6) is 1.03. The standard InChI is InChI=1S/C19H22N2O4/c1-3-18(22)15-6-8-16(9-7-15)24-13-19(23)21-11-14(2)25-17-5-4-10-20-12-17/h4-10,12,14H,3,11,13H2,1-2H3,(H,21,23)/t14-/m1/s1. The van der Waals surface area contributed by atoms with Crippen LogP contribution in [-0.2, 0) is 4.79 Å². The van der Waals surface area contributed by atoms with Gasteiger partial charge in [0, 0.05) is 18.2 Å². The van der Waals surface area contributed by atoms with E-state index in [1.54, 1.807) is 48.8 Å². The summed E-state index contributed by atoms with van der Waals surface area (Å²) in [7, 11) is 0. The first-order valence-corrected chi connectivity index (χ1v) is 8.18. The highest BCUT2D eigenvalue weighted by Gasteiger charge is 2.08. The normalized spacial score (nSPS) is 11.4. The Bertz CT molecular complexity index is 686. The van der Waals surface area contributed by atoms with Crippen molar-refractivity contribution in [3.63, 3.8) is 0 Å². The van der Waals surface area contributed by atoms with E-state index < -0.39 is 0 Å². The van der Waals surface area contributed by atoms with Gasteiger partial charge in [-0.15, -0.1) is 0 Å². The molecule has 0 saturated carbocycles. The third kappa shape index (κ3) is 6.25. The van der Waals surface area contributed by atoms with E-state index in [1.807, 2.05) is 13.8 Å². The first kappa shape index (κ1) is 18.4. The monoisotopic (exact) mass is 342 g/mol. The van der Waals surface area contributed by atoms with Crippen LogP contribution in [0.25, 0.3) is 0 Å². The van der Waals surface area contributed by atoms with Gasteiger partial charge in [0.15, 0.2) is 12.4 Å². The highest BCUT2D eigenvalue weighted by atomic mass is 16.5. The quantitative estimate of drug-likeness (QED) is 0.709. The highest BCUT2D eigenvalue weighted by Crippen LogP contribution is 2.13. The lowest BCUT2D eigenvalue weighted by molar-refractivity contribution is -0.123. The summed E-state index contributed by atoms with van der Waals surface area (Å²) in [6.07, 6.45) is 3.56. The third-order valence-corrected chi connectivity index (χ3v) is 3.43. The zero-order chi connectivity index (χ0) is 18.1. The van der Waals surface area contributed by atoms with Crippen molar-refractivity contribution in [1.82, 2.24) is 10.3 Å². The van der Waals surface area contributed by atoms with Crippen LogP contribution in [0.4, 0.5) is 0 Å². The van der Waals surface area contributed by atoms with Crippen LogP contribution in [0.1, 0.15) is 30.6 Å². The van der Waals surface area contributed by atoms with E-state index in [0.29, 0.717) is 30.0 Å². The van der Waals surface area contributed by atoms with E-state index in [9.17, 15) is 9.59 Å². The maximum Gasteiger partial charge on any atom is 0.258 e. The zero-order valence-corrected chi connectivity index (χ0v) is 14.4. The van der Waals surface area contributed by atoms with Gasteiger partial charge in [0.25, 0.3) is 5.91 Å². The van der Waals surface area contributed by atoms with Gasteiger partial charge in [0.2, 0.25) is 0 Å². The minimum absolute atomic E-state index is 0.0758. The fourth-order valence-electron chi connectivity index (χ4n) is 2.09. The smallest absolute Gasteiger partial charge is 0.258 e. The second-order valence-electron chi connectivity index (χ2n) is 5.51. The molecule has 1 atom stereocenters. The molecule has 0 bridgehead atoms. The molecule has 6 heteroatoms. The van der Waals surface area contributed by atoms with Crippen molar-refractivity contribution in [2.45, 2.75) is 26.4 Å². The molecule has 1 aromatic heterocycles. The van der Waals surface area contributed by atoms with Gasteiger partial charge in [-0.3, -0.25) is 14.6 Å². The summed E-state index contributed by atoms with van der Waals surface area (Å²) >= 11 is 0. The average Bonchev–Trinajstić information content (AvgIpc) is 2.65. The molecule has 2 aromatic rings. The Hall–Kier alpha value is -2.89. The summed E-state index contributed by atoms with van der Waals surface area (Å²) in [5.41, 5.74) is 0.640. The number of Topliss-reactive ketones (excluding diaryl/α,β-unsaturated/α-hetero) is 1. The lowest BCUT2D eigenvalue weighted by Crippen LogP contribution is -2.36. The van der Waals surface area contributed by atoms with Crippen molar-refractivity contribution in [3.05, 3.63) is 54.4 Å². The summed E-state index contributed by atoms with van der Waals surface area (Å²) in [4.78, 5) is 27.4. The Balaban J connectivity index is 1.70. The second-order valence-corrected chi connectivity index (χ2v) is 5.51. The Morgan fingerprint density at radius 3 is 2.56 bits per heavy atom. The van der Waals surface area contributed by atoms with Crippen LogP contribution in [0.2, 0.25) is 0 Å². The number of carbonyl (C=O) groups is 2. The van der Waals surface area contributed by atoms with Gasteiger partial charge >= 0.3 is 0 Å². The second kappa shape index (κ2) is 9.42. The van der Waals surface area contributed by atoms with Gasteiger partial charge in [-0.1, -0.05) is 6.92 Å². The number of nitrogens with one attached hydrogen (secondary N) is 1. The average molecular weight is 342 g/mol. The molecular weight excluding hydrogens is 320 g/mol. The molecule has 1 amide bonds. The molecule has 0 spiro atoms. The molecule has 0 fully saturated rings. The van der Waals surface area contributed by atoms with E-state index in [2.05, 4.69) is 10.3 Å². The van der Waals surface area contributed by atoms with Gasteiger partial charge in [0.05, 0.1) is 12.7 Å². The van der Waals surface area contributed by atoms with Crippen LogP contribution in [0, 0.1) is 0 Å². The maximum atomic E-state index is 11.8. The van der Waals surface area contributed by atoms with Crippen LogP contribution in [0.15, 0.2) is 48.8 Å². The van der Waals surface area contributed by atoms with Crippen LogP contribution < -0.4 is 14.8 Å². The third-order valence-electron chi connectivity index (χ3n) is 3.43. The summed E-state index contributed by atoms with van der Waals surface area (Å²) in [5, 5.41) is 2.75. The number of hydrogen-bond donors (Lipinski definition) is 1. The van der Waals surface area contributed by atoms with Gasteiger partial charge in [-0.05, 0) is 43.3 Å². The molecule has 0 aliphatic heterocycles. The molecule has 0 aliphatic rings. The number of carbonyl (C=O) groups excluding carboxylic acids is 2. The molecule has 1 heterocycles. The Morgan fingerprint density at radius 2 is 1.92 bits per heavy atom. The summed E-state index contributed by atoms with van der Waals surface area (Å²) in [6.45, 7) is 3.94. The van der Waals surface area contributed by atoms with Gasteiger partial charge < -0.3 is 14.8 Å². The fraction of sp³-hybridized carbons (Fsp3) is 0.316. The van der Waals surface area contributed by atoms with E-state index in [4.69, 9.17) is 9.47 Å². The maximum absolute atomic E-state index is 11.8. The number of amides is 1. The SMILES string of the molecule is CCC(=O)c1ccc(OCC(=O)NC[C@@H](C)Oc2cccnc2)cc1. The van der Waals surface area contributed by atoms with Crippen LogP contribution in [-0.4, -0.2) is 35.9 Å². The number of aromatic nitrogens is 1. The number of hydrogen-bond acceptors (Lipinski definition) is 5. The van der Waals surface area contributed by atoms with Gasteiger partial charge in [-0.2, -0.15) is 0 Å². The lowest BCUT2D eigenvalue weighted by Gasteiger charge is -2.15. The van der Waals surface area contributed by atoms with Crippen molar-refractivity contribution in [3.8, 4) is 11.5 Å². The predicted molar refractivity (Wildman–Crippen MR) is 93.9 cm³/mol. The summed E-state index contributed by atoms with van der Waals surface area (Å²) < 4.78 is 11.0. The lowest BCUT2D eigenvalue weighted by atomic mass is 10.1. The Labute approximate surface area is 147 Å². The molecule has 1 aromatic carbocycles. The van der Waals surface area contributed by atoms with E-state index >= 15 is 0 Å². The largest absolute Gasteiger partial charge is 0.487 e. The van der Waals surface area contributed by atoms with Crippen LogP contribution in [0.5, 0.6) is 11.5 Å². The van der Waals surface area contributed by atoms with Crippen molar-refractivity contribution in [2.75, 3.05) is 13.2 Å². The Morgan fingerprint density at radius 1 is 1.16 bits per heavy atom. The van der Waals surface area contributed by atoms with Crippen molar-refractivity contribution < 1.29 is 19.1 Å². The first-order valence-electron chi connectivity index (χ1n) is 8.18. The molecule has 6 nitrogen and oxygen atoms in total. The number of pyridine rings is 1. The molecule has 0 radical (unpaired) electrons. The molecular formula is C19H22N2O4. The van der Waals surface area contributed by atoms with Crippen LogP contribution in [0.3, 0.4) is 0 Å². The Kier molecular flexibility index (Phi) is 6.95. The minimum atomic E-state index is -0.240. The van der Waals surface area contributed by atoms with Gasteiger partial charge in [0.1, 0.15) is 17.6 Å². The number of rotatable bonds is 9. The molecule has 25 heavy (non-hydrogen) atoms. The van der Waals surface area contributed by atoms with Crippen molar-refractivity contribution in [2.24, 2.45) is 0 Å². The topological polar surface area (TPSA) is 77.5 Å². The zero-order valence-electron chi connectivity index (χ0n) is 14.4. The number of nitrogens with zero attached hydrogens (tertiary/aromatic N) is 1. The molecule has 2 rings (SSSR count). The van der Waals surface area contributed by atoms with Crippen molar-refractivity contribution in [1.29, 1.82) is 0 Å². The van der Waals surface area contributed by atoms with Crippen molar-refractivity contribution >= 4 is 11.7 Å². The molecule has 0 saturated heterocycles. The summed E-state index contributed by atoms with van der Waals surface area (Å²) in [6, 6.07) is 10.4. The van der Waals surface area contributed by atoms with E-state index in [-0.39, 0.29) is 24.4 Å². The predicted octanol–water partition coefficient (Wildman–Crippen LogP) is 2.64. The van der Waals surface area contributed by atoms with E-state index in [1.165, 1.54) is 0 Å². The van der Waals surface area contributed by atoms with Crippen LogP contribution >= 0.6 is 0 Å². The molecule has 132 valence electrons.